The van der Waals surface area contributed by atoms with Crippen LogP contribution in [0.5, 0.6) is 11.5 Å². The molecular formula is C21H33NO7. The highest BCUT2D eigenvalue weighted by Gasteiger charge is 2.30. The number of aliphatic hydroxyl groups excluding tert-OH is 1. The summed E-state index contributed by atoms with van der Waals surface area (Å²) < 4.78 is 21.0. The first-order chi connectivity index (χ1) is 13.7. The number of methoxy groups -OCH3 is 1. The second-order valence-corrected chi connectivity index (χ2v) is 7.53. The molecule has 2 atom stereocenters. The molecule has 164 valence electrons. The van der Waals surface area contributed by atoms with Crippen molar-refractivity contribution in [3.8, 4) is 11.5 Å². The van der Waals surface area contributed by atoms with Gasteiger partial charge in [-0.2, -0.15) is 0 Å². The van der Waals surface area contributed by atoms with Crippen LogP contribution >= 0.6 is 0 Å². The summed E-state index contributed by atoms with van der Waals surface area (Å²) in [7, 11) is 1.57. The van der Waals surface area contributed by atoms with E-state index in [2.05, 4.69) is 5.32 Å². The van der Waals surface area contributed by atoms with Crippen LogP contribution in [0.4, 0.5) is 4.79 Å². The minimum atomic E-state index is -1.53. The van der Waals surface area contributed by atoms with Gasteiger partial charge in [0.15, 0.2) is 6.10 Å². The lowest BCUT2D eigenvalue weighted by Crippen LogP contribution is -2.49. The standard InChI is InChI=1S/C21H33NO7/c1-6-7-13-28-19(24)18(23)17(22-20(25)29-21(2,3)4)12-14-27-16-10-8-15(26-5)9-11-16/h8-11,17-18,23H,6-7,12-14H2,1-5H3,(H,22,25)/t17-,18+/m1/s1. The molecule has 2 N–H and O–H groups in total. The van der Waals surface area contributed by atoms with E-state index >= 15 is 0 Å². The smallest absolute Gasteiger partial charge is 0.407 e. The van der Waals surface area contributed by atoms with Gasteiger partial charge in [0.1, 0.15) is 17.1 Å². The molecule has 0 saturated carbocycles. The van der Waals surface area contributed by atoms with Crippen LogP contribution in [0.15, 0.2) is 24.3 Å². The van der Waals surface area contributed by atoms with E-state index in [9.17, 15) is 14.7 Å². The summed E-state index contributed by atoms with van der Waals surface area (Å²) in [6.45, 7) is 7.52. The Bertz CT molecular complexity index is 625. The summed E-state index contributed by atoms with van der Waals surface area (Å²) >= 11 is 0. The van der Waals surface area contributed by atoms with Gasteiger partial charge in [-0.1, -0.05) is 13.3 Å². The SMILES string of the molecule is CCCCOC(=O)[C@@H](O)[C@@H](CCOc1ccc(OC)cc1)NC(=O)OC(C)(C)C. The lowest BCUT2D eigenvalue weighted by molar-refractivity contribution is -0.155. The van der Waals surface area contributed by atoms with E-state index in [0.29, 0.717) is 17.9 Å². The predicted molar refractivity (Wildman–Crippen MR) is 108 cm³/mol. The molecule has 0 saturated heterocycles. The van der Waals surface area contributed by atoms with E-state index in [0.717, 1.165) is 6.42 Å². The molecule has 1 amide bonds. The summed E-state index contributed by atoms with van der Waals surface area (Å²) in [6.07, 6.45) is -0.525. The van der Waals surface area contributed by atoms with Crippen LogP contribution in [0.25, 0.3) is 0 Å². The highest BCUT2D eigenvalue weighted by Crippen LogP contribution is 2.17. The van der Waals surface area contributed by atoms with Crippen molar-refractivity contribution in [2.24, 2.45) is 0 Å². The number of hydrogen-bond acceptors (Lipinski definition) is 7. The third kappa shape index (κ3) is 10.0. The molecule has 0 heterocycles. The Balaban J connectivity index is 2.69. The summed E-state index contributed by atoms with van der Waals surface area (Å²) in [6, 6.07) is 6.07. The number of alkyl carbamates (subject to hydrolysis) is 1. The van der Waals surface area contributed by atoms with Crippen molar-refractivity contribution in [1.82, 2.24) is 5.32 Å². The van der Waals surface area contributed by atoms with Crippen LogP contribution in [-0.4, -0.2) is 55.2 Å². The van der Waals surface area contributed by atoms with Gasteiger partial charge in [-0.25, -0.2) is 9.59 Å². The second-order valence-electron chi connectivity index (χ2n) is 7.53. The Morgan fingerprint density at radius 3 is 2.28 bits per heavy atom. The molecule has 0 bridgehead atoms. The Morgan fingerprint density at radius 2 is 1.72 bits per heavy atom. The van der Waals surface area contributed by atoms with Crippen molar-refractivity contribution in [1.29, 1.82) is 0 Å². The minimum absolute atomic E-state index is 0.159. The summed E-state index contributed by atoms with van der Waals surface area (Å²) in [5.41, 5.74) is -0.708. The maximum Gasteiger partial charge on any atom is 0.407 e. The van der Waals surface area contributed by atoms with Gasteiger partial charge in [0.25, 0.3) is 0 Å². The van der Waals surface area contributed by atoms with Gasteiger partial charge in [0.05, 0.1) is 26.4 Å². The molecule has 8 heteroatoms. The van der Waals surface area contributed by atoms with Crippen LogP contribution in [0, 0.1) is 0 Å². The summed E-state index contributed by atoms with van der Waals surface area (Å²) in [4.78, 5) is 24.2. The van der Waals surface area contributed by atoms with Crippen molar-refractivity contribution in [3.05, 3.63) is 24.3 Å². The first-order valence-electron chi connectivity index (χ1n) is 9.77. The van der Waals surface area contributed by atoms with Crippen LogP contribution in [0.1, 0.15) is 47.0 Å². The van der Waals surface area contributed by atoms with Gasteiger partial charge >= 0.3 is 12.1 Å². The predicted octanol–water partition coefficient (Wildman–Crippen LogP) is 3.06. The molecule has 0 spiro atoms. The van der Waals surface area contributed by atoms with E-state index in [1.54, 1.807) is 52.1 Å². The number of carbonyl (C=O) groups excluding carboxylic acids is 2. The lowest BCUT2D eigenvalue weighted by atomic mass is 10.1. The fourth-order valence-electron chi connectivity index (χ4n) is 2.31. The first-order valence-corrected chi connectivity index (χ1v) is 9.77. The fraction of sp³-hybridized carbons (Fsp3) is 0.619. The number of aliphatic hydroxyl groups is 1. The van der Waals surface area contributed by atoms with Crippen LogP contribution in [0.2, 0.25) is 0 Å². The highest BCUT2D eigenvalue weighted by molar-refractivity contribution is 5.77. The van der Waals surface area contributed by atoms with Gasteiger partial charge in [-0.15, -0.1) is 0 Å². The third-order valence-corrected chi connectivity index (χ3v) is 3.82. The maximum absolute atomic E-state index is 12.1. The Morgan fingerprint density at radius 1 is 1.10 bits per heavy atom. The zero-order valence-electron chi connectivity index (χ0n) is 17.9. The topological polar surface area (TPSA) is 103 Å². The van der Waals surface area contributed by atoms with Gasteiger partial charge in [0, 0.05) is 6.42 Å². The van der Waals surface area contributed by atoms with E-state index in [1.165, 1.54) is 0 Å². The van der Waals surface area contributed by atoms with Crippen LogP contribution < -0.4 is 14.8 Å². The van der Waals surface area contributed by atoms with E-state index < -0.39 is 29.8 Å². The molecule has 0 aliphatic rings. The van der Waals surface area contributed by atoms with E-state index in [1.807, 2.05) is 6.92 Å². The van der Waals surface area contributed by atoms with Crippen molar-refractivity contribution in [3.63, 3.8) is 0 Å². The first kappa shape index (κ1) is 24.6. The zero-order chi connectivity index (χ0) is 21.9. The van der Waals surface area contributed by atoms with Crippen molar-refractivity contribution in [2.45, 2.75) is 64.7 Å². The Hall–Kier alpha value is -2.48. The molecule has 0 aromatic heterocycles. The molecule has 1 aromatic carbocycles. The largest absolute Gasteiger partial charge is 0.497 e. The average molecular weight is 411 g/mol. The number of nitrogens with one attached hydrogen (secondary N) is 1. The van der Waals surface area contributed by atoms with Gasteiger partial charge < -0.3 is 29.4 Å². The fourth-order valence-corrected chi connectivity index (χ4v) is 2.31. The quantitative estimate of drug-likeness (QED) is 0.426. The lowest BCUT2D eigenvalue weighted by Gasteiger charge is -2.26. The molecular weight excluding hydrogens is 378 g/mol. The Kier molecular flexibility index (Phi) is 10.3. The highest BCUT2D eigenvalue weighted by atomic mass is 16.6. The molecule has 0 radical (unpaired) electrons. The van der Waals surface area contributed by atoms with E-state index in [4.69, 9.17) is 18.9 Å². The van der Waals surface area contributed by atoms with Crippen molar-refractivity contribution in [2.75, 3.05) is 20.3 Å². The molecule has 1 rings (SSSR count). The summed E-state index contributed by atoms with van der Waals surface area (Å²) in [5, 5.41) is 12.9. The third-order valence-electron chi connectivity index (χ3n) is 3.82. The number of esters is 1. The van der Waals surface area contributed by atoms with Gasteiger partial charge in [0.2, 0.25) is 0 Å². The molecule has 0 unspecified atom stereocenters. The van der Waals surface area contributed by atoms with E-state index in [-0.39, 0.29) is 19.6 Å². The molecule has 8 nitrogen and oxygen atoms in total. The average Bonchev–Trinajstić information content (AvgIpc) is 2.65. The number of benzene rings is 1. The number of ether oxygens (including phenoxy) is 4. The van der Waals surface area contributed by atoms with Gasteiger partial charge in [-0.3, -0.25) is 0 Å². The number of rotatable bonds is 11. The molecule has 0 fully saturated rings. The zero-order valence-corrected chi connectivity index (χ0v) is 17.9. The van der Waals surface area contributed by atoms with Crippen LogP contribution in [-0.2, 0) is 14.3 Å². The van der Waals surface area contributed by atoms with Gasteiger partial charge in [-0.05, 0) is 51.5 Å². The molecule has 29 heavy (non-hydrogen) atoms. The van der Waals surface area contributed by atoms with Crippen molar-refractivity contribution >= 4 is 12.1 Å². The molecule has 0 aliphatic heterocycles. The number of amides is 1. The number of hydrogen-bond donors (Lipinski definition) is 2. The number of unbranched alkanes of at least 4 members (excludes halogenated alkanes) is 1. The minimum Gasteiger partial charge on any atom is -0.497 e. The molecule has 1 aromatic rings. The second kappa shape index (κ2) is 12.2. The Labute approximate surface area is 172 Å². The maximum atomic E-state index is 12.1. The monoisotopic (exact) mass is 411 g/mol. The van der Waals surface area contributed by atoms with Crippen molar-refractivity contribution < 1.29 is 33.6 Å². The number of carbonyl (C=O) groups is 2. The molecule has 0 aliphatic carbocycles. The van der Waals surface area contributed by atoms with Crippen LogP contribution in [0.3, 0.4) is 0 Å². The summed E-state index contributed by atoms with van der Waals surface area (Å²) in [5.74, 6) is 0.512. The normalized spacial score (nSPS) is 13.2.